The zero-order chi connectivity index (χ0) is 14.2. The molecule has 1 aromatic heterocycles. The number of nitrogens with one attached hydrogen (secondary N) is 1. The van der Waals surface area contributed by atoms with Crippen molar-refractivity contribution in [2.75, 3.05) is 11.9 Å². The molecule has 4 heteroatoms. The van der Waals surface area contributed by atoms with Gasteiger partial charge in [0.05, 0.1) is 12.2 Å². The average Bonchev–Trinajstić information content (AvgIpc) is 2.52. The predicted molar refractivity (Wildman–Crippen MR) is 78.1 cm³/mol. The normalized spacial score (nSPS) is 10.0. The molecule has 1 aromatic carbocycles. The van der Waals surface area contributed by atoms with Crippen molar-refractivity contribution in [2.24, 2.45) is 0 Å². The second-order valence-corrected chi connectivity index (χ2v) is 4.32. The van der Waals surface area contributed by atoms with Crippen LogP contribution in [-0.4, -0.2) is 11.6 Å². The first-order valence-corrected chi connectivity index (χ1v) is 6.58. The number of hydrogen-bond acceptors (Lipinski definition) is 4. The van der Waals surface area contributed by atoms with Crippen molar-refractivity contribution in [3.8, 4) is 6.07 Å². The van der Waals surface area contributed by atoms with Crippen molar-refractivity contribution in [1.29, 1.82) is 5.26 Å². The van der Waals surface area contributed by atoms with Crippen LogP contribution >= 0.6 is 0 Å². The third-order valence-corrected chi connectivity index (χ3v) is 2.88. The van der Waals surface area contributed by atoms with Gasteiger partial charge in [-0.3, -0.25) is 0 Å². The van der Waals surface area contributed by atoms with Crippen LogP contribution in [-0.2, 0) is 17.9 Å². The smallest absolute Gasteiger partial charge is 0.144 e. The summed E-state index contributed by atoms with van der Waals surface area (Å²) in [4.78, 5) is 4.17. The number of nitrogens with zero attached hydrogens (tertiary/aromatic N) is 2. The molecule has 0 radical (unpaired) electrons. The predicted octanol–water partition coefficient (Wildman–Crippen LogP) is 3.10. The van der Waals surface area contributed by atoms with Crippen LogP contribution in [0.15, 0.2) is 42.6 Å². The molecule has 4 nitrogen and oxygen atoms in total. The molecule has 0 spiro atoms. The fraction of sp³-hybridized carbons (Fsp3) is 0.250. The highest BCUT2D eigenvalue weighted by atomic mass is 16.5. The Kier molecular flexibility index (Phi) is 5.10. The zero-order valence-corrected chi connectivity index (χ0v) is 11.5. The highest BCUT2D eigenvalue weighted by molar-refractivity contribution is 5.51. The molecule has 1 heterocycles. The minimum absolute atomic E-state index is 0.556. The van der Waals surface area contributed by atoms with Crippen LogP contribution in [0.5, 0.6) is 0 Å². The summed E-state index contributed by atoms with van der Waals surface area (Å²) in [6.07, 6.45) is 1.67. The SMILES string of the molecule is CCOCc1ccc(CNc2ncccc2C#N)cc1. The molecule has 0 saturated carbocycles. The van der Waals surface area contributed by atoms with E-state index in [0.29, 0.717) is 24.5 Å². The van der Waals surface area contributed by atoms with Crippen LogP contribution in [0, 0.1) is 11.3 Å². The Morgan fingerprint density at radius 2 is 1.95 bits per heavy atom. The standard InChI is InChI=1S/C16H17N3O/c1-2-20-12-14-7-5-13(6-8-14)11-19-16-15(10-17)4-3-9-18-16/h3-9H,2,11-12H2,1H3,(H,18,19). The third kappa shape index (κ3) is 3.81. The lowest BCUT2D eigenvalue weighted by Crippen LogP contribution is -2.03. The monoisotopic (exact) mass is 267 g/mol. The molecule has 2 rings (SSSR count). The number of aromatic nitrogens is 1. The van der Waals surface area contributed by atoms with E-state index in [1.807, 2.05) is 6.92 Å². The van der Waals surface area contributed by atoms with E-state index in [-0.39, 0.29) is 0 Å². The van der Waals surface area contributed by atoms with Crippen molar-refractivity contribution in [1.82, 2.24) is 4.98 Å². The molecule has 0 bridgehead atoms. The zero-order valence-electron chi connectivity index (χ0n) is 11.5. The molecular formula is C16H17N3O. The summed E-state index contributed by atoms with van der Waals surface area (Å²) in [6.45, 7) is 3.99. The van der Waals surface area contributed by atoms with Gasteiger partial charge in [0.1, 0.15) is 11.9 Å². The summed E-state index contributed by atoms with van der Waals surface area (Å²) in [7, 11) is 0. The Balaban J connectivity index is 1.95. The van der Waals surface area contributed by atoms with Crippen LogP contribution in [0.1, 0.15) is 23.6 Å². The molecule has 0 aliphatic carbocycles. The van der Waals surface area contributed by atoms with Crippen molar-refractivity contribution in [3.05, 3.63) is 59.3 Å². The molecule has 102 valence electrons. The minimum Gasteiger partial charge on any atom is -0.377 e. The molecule has 20 heavy (non-hydrogen) atoms. The number of hydrogen-bond donors (Lipinski definition) is 1. The van der Waals surface area contributed by atoms with Crippen LogP contribution < -0.4 is 5.32 Å². The molecule has 0 aliphatic rings. The van der Waals surface area contributed by atoms with Crippen molar-refractivity contribution < 1.29 is 4.74 Å². The van der Waals surface area contributed by atoms with E-state index in [0.717, 1.165) is 17.7 Å². The lowest BCUT2D eigenvalue weighted by atomic mass is 10.1. The van der Waals surface area contributed by atoms with Gasteiger partial charge in [0.25, 0.3) is 0 Å². The van der Waals surface area contributed by atoms with Gasteiger partial charge in [0, 0.05) is 19.3 Å². The van der Waals surface area contributed by atoms with E-state index in [1.165, 1.54) is 0 Å². The maximum atomic E-state index is 8.99. The fourth-order valence-corrected chi connectivity index (χ4v) is 1.80. The van der Waals surface area contributed by atoms with Crippen molar-refractivity contribution >= 4 is 5.82 Å². The quantitative estimate of drug-likeness (QED) is 0.873. The summed E-state index contributed by atoms with van der Waals surface area (Å²) in [5, 5.41) is 12.2. The summed E-state index contributed by atoms with van der Waals surface area (Å²) in [5.74, 6) is 0.619. The molecule has 0 aliphatic heterocycles. The molecule has 0 saturated heterocycles. The molecule has 1 N–H and O–H groups in total. The number of nitriles is 1. The van der Waals surface area contributed by atoms with Gasteiger partial charge in [-0.1, -0.05) is 24.3 Å². The van der Waals surface area contributed by atoms with Gasteiger partial charge in [-0.25, -0.2) is 4.98 Å². The largest absolute Gasteiger partial charge is 0.377 e. The molecule has 0 atom stereocenters. The van der Waals surface area contributed by atoms with Gasteiger partial charge in [-0.05, 0) is 30.2 Å². The first-order chi connectivity index (χ1) is 9.83. The number of ether oxygens (including phenoxy) is 1. The topological polar surface area (TPSA) is 57.9 Å². The average molecular weight is 267 g/mol. The molecular weight excluding hydrogens is 250 g/mol. The van der Waals surface area contributed by atoms with Crippen molar-refractivity contribution in [2.45, 2.75) is 20.1 Å². The number of pyridine rings is 1. The Hall–Kier alpha value is -2.38. The lowest BCUT2D eigenvalue weighted by Gasteiger charge is -2.08. The van der Waals surface area contributed by atoms with E-state index < -0.39 is 0 Å². The van der Waals surface area contributed by atoms with Crippen LogP contribution in [0.2, 0.25) is 0 Å². The second-order valence-electron chi connectivity index (χ2n) is 4.32. The third-order valence-electron chi connectivity index (χ3n) is 2.88. The maximum Gasteiger partial charge on any atom is 0.144 e. The van der Waals surface area contributed by atoms with E-state index >= 15 is 0 Å². The second kappa shape index (κ2) is 7.27. The highest BCUT2D eigenvalue weighted by Gasteiger charge is 2.01. The molecule has 2 aromatic rings. The number of benzene rings is 1. The summed E-state index contributed by atoms with van der Waals surface area (Å²) in [5.41, 5.74) is 2.85. The van der Waals surface area contributed by atoms with Crippen LogP contribution in [0.3, 0.4) is 0 Å². The van der Waals surface area contributed by atoms with E-state index in [4.69, 9.17) is 10.00 Å². The van der Waals surface area contributed by atoms with Crippen LogP contribution in [0.4, 0.5) is 5.82 Å². The number of rotatable bonds is 6. The van der Waals surface area contributed by atoms with Crippen LogP contribution in [0.25, 0.3) is 0 Å². The Labute approximate surface area is 119 Å². The van der Waals surface area contributed by atoms with Crippen molar-refractivity contribution in [3.63, 3.8) is 0 Å². The summed E-state index contributed by atoms with van der Waals surface area (Å²) >= 11 is 0. The summed E-state index contributed by atoms with van der Waals surface area (Å²) in [6, 6.07) is 13.8. The highest BCUT2D eigenvalue weighted by Crippen LogP contribution is 2.12. The van der Waals surface area contributed by atoms with Gasteiger partial charge >= 0.3 is 0 Å². The maximum absolute atomic E-state index is 8.99. The Bertz CT molecular complexity index is 587. The summed E-state index contributed by atoms with van der Waals surface area (Å²) < 4.78 is 5.36. The first kappa shape index (κ1) is 14.0. The Morgan fingerprint density at radius 1 is 1.20 bits per heavy atom. The van der Waals surface area contributed by atoms with E-state index in [1.54, 1.807) is 18.3 Å². The first-order valence-electron chi connectivity index (χ1n) is 6.58. The van der Waals surface area contributed by atoms with Gasteiger partial charge in [-0.2, -0.15) is 5.26 Å². The van der Waals surface area contributed by atoms with E-state index in [2.05, 4.69) is 40.6 Å². The minimum atomic E-state index is 0.556. The van der Waals surface area contributed by atoms with E-state index in [9.17, 15) is 0 Å². The molecule has 0 fully saturated rings. The fourth-order valence-electron chi connectivity index (χ4n) is 1.80. The lowest BCUT2D eigenvalue weighted by molar-refractivity contribution is 0.134. The van der Waals surface area contributed by atoms with Gasteiger partial charge in [0.2, 0.25) is 0 Å². The van der Waals surface area contributed by atoms with Gasteiger partial charge in [-0.15, -0.1) is 0 Å². The Morgan fingerprint density at radius 3 is 2.65 bits per heavy atom. The van der Waals surface area contributed by atoms with Gasteiger partial charge < -0.3 is 10.1 Å². The number of anilines is 1. The molecule has 0 unspecified atom stereocenters. The molecule has 0 amide bonds. The van der Waals surface area contributed by atoms with Gasteiger partial charge in [0.15, 0.2) is 0 Å².